The van der Waals surface area contributed by atoms with E-state index in [0.717, 1.165) is 27.9 Å². The van der Waals surface area contributed by atoms with Gasteiger partial charge < -0.3 is 19.9 Å². The molecule has 1 saturated heterocycles. The fourth-order valence-electron chi connectivity index (χ4n) is 6.12. The summed E-state index contributed by atoms with van der Waals surface area (Å²) in [4.78, 5) is 0. The summed E-state index contributed by atoms with van der Waals surface area (Å²) in [5, 5.41) is 16.9. The van der Waals surface area contributed by atoms with E-state index in [4.69, 9.17) is 9.47 Å². The third-order valence-corrected chi connectivity index (χ3v) is 7.94. The van der Waals surface area contributed by atoms with Gasteiger partial charge in [-0.2, -0.15) is 0 Å². The minimum Gasteiger partial charge on any atom is -0.378 e. The molecular weight excluding hydrogens is 506 g/mol. The molecular formula is C37H35NO3. The van der Waals surface area contributed by atoms with E-state index in [1.165, 1.54) is 0 Å². The first-order valence-corrected chi connectivity index (χ1v) is 14.1. The van der Waals surface area contributed by atoms with Crippen molar-refractivity contribution in [2.24, 2.45) is 0 Å². The van der Waals surface area contributed by atoms with Gasteiger partial charge in [-0.3, -0.25) is 0 Å². The maximum absolute atomic E-state index is 13.0. The second-order valence-electron chi connectivity index (χ2n) is 11.0. The minimum absolute atomic E-state index is 0.673. The maximum Gasteiger partial charge on any atom is 0.164 e. The Hall–Kier alpha value is -4.22. The van der Waals surface area contributed by atoms with Crippen LogP contribution in [0, 0.1) is 0 Å². The number of para-hydroxylation sites is 1. The van der Waals surface area contributed by atoms with Crippen LogP contribution < -0.4 is 5.32 Å². The van der Waals surface area contributed by atoms with Crippen molar-refractivity contribution >= 4 is 5.69 Å². The molecule has 5 aromatic rings. The number of ether oxygens (including phenoxy) is 2. The predicted molar refractivity (Wildman–Crippen MR) is 163 cm³/mol. The predicted octanol–water partition coefficient (Wildman–Crippen LogP) is 7.50. The molecule has 1 aliphatic heterocycles. The highest BCUT2D eigenvalue weighted by Gasteiger charge is 2.61. The highest BCUT2D eigenvalue weighted by molar-refractivity contribution is 5.56. The van der Waals surface area contributed by atoms with Crippen LogP contribution in [0.1, 0.15) is 36.1 Å². The summed E-state index contributed by atoms with van der Waals surface area (Å²) in [6.07, 6.45) is -1.48. The lowest BCUT2D eigenvalue weighted by Gasteiger charge is -2.46. The van der Waals surface area contributed by atoms with E-state index in [1.807, 2.05) is 129 Å². The lowest BCUT2D eigenvalue weighted by Crippen LogP contribution is -2.58. The molecule has 1 aliphatic rings. The van der Waals surface area contributed by atoms with Crippen LogP contribution in [0.2, 0.25) is 0 Å². The fourth-order valence-corrected chi connectivity index (χ4v) is 6.12. The molecule has 0 aromatic heterocycles. The third kappa shape index (κ3) is 4.95. The van der Waals surface area contributed by atoms with Crippen molar-refractivity contribution in [1.82, 2.24) is 0 Å². The molecule has 6 rings (SSSR count). The van der Waals surface area contributed by atoms with Gasteiger partial charge in [0.1, 0.15) is 23.3 Å². The van der Waals surface area contributed by atoms with Crippen molar-refractivity contribution in [2.75, 3.05) is 5.32 Å². The van der Waals surface area contributed by atoms with Gasteiger partial charge in [-0.25, -0.2) is 0 Å². The zero-order chi connectivity index (χ0) is 28.3. The summed E-state index contributed by atoms with van der Waals surface area (Å²) >= 11 is 0. The highest BCUT2D eigenvalue weighted by Crippen LogP contribution is 2.51. The van der Waals surface area contributed by atoms with Gasteiger partial charge in [-0.1, -0.05) is 140 Å². The molecule has 2 N–H and O–H groups in total. The van der Waals surface area contributed by atoms with Gasteiger partial charge in [0.2, 0.25) is 0 Å². The highest BCUT2D eigenvalue weighted by atomic mass is 16.8. The van der Waals surface area contributed by atoms with Crippen molar-refractivity contribution < 1.29 is 14.6 Å². The van der Waals surface area contributed by atoms with Crippen molar-refractivity contribution in [2.45, 2.75) is 43.0 Å². The summed E-state index contributed by atoms with van der Waals surface area (Å²) in [5.74, 6) is -0.986. The summed E-state index contributed by atoms with van der Waals surface area (Å²) in [7, 11) is 0. The molecule has 0 aliphatic carbocycles. The second-order valence-corrected chi connectivity index (χ2v) is 11.0. The zero-order valence-electron chi connectivity index (χ0n) is 23.4. The Morgan fingerprint density at radius 2 is 0.854 bits per heavy atom. The van der Waals surface area contributed by atoms with E-state index in [1.54, 1.807) is 0 Å². The summed E-state index contributed by atoms with van der Waals surface area (Å²) < 4.78 is 13.8. The van der Waals surface area contributed by atoms with Crippen LogP contribution in [0.5, 0.6) is 0 Å². The van der Waals surface area contributed by atoms with Gasteiger partial charge in [0, 0.05) is 5.69 Å². The van der Waals surface area contributed by atoms with Crippen LogP contribution in [0.15, 0.2) is 152 Å². The molecule has 4 heteroatoms. The van der Waals surface area contributed by atoms with E-state index < -0.39 is 29.1 Å². The number of hydrogen-bond acceptors (Lipinski definition) is 4. The average molecular weight is 542 g/mol. The van der Waals surface area contributed by atoms with Gasteiger partial charge in [0.05, 0.1) is 0 Å². The van der Waals surface area contributed by atoms with Gasteiger partial charge in [-0.15, -0.1) is 0 Å². The van der Waals surface area contributed by atoms with Crippen LogP contribution in [-0.4, -0.2) is 23.1 Å². The van der Waals surface area contributed by atoms with Crippen molar-refractivity contribution in [3.8, 4) is 0 Å². The second kappa shape index (κ2) is 11.0. The van der Waals surface area contributed by atoms with Crippen LogP contribution in [0.4, 0.5) is 5.69 Å². The zero-order valence-corrected chi connectivity index (χ0v) is 23.4. The molecule has 0 radical (unpaired) electrons. The number of hydrogen-bond donors (Lipinski definition) is 2. The fraction of sp³-hybridized carbons (Fsp3) is 0.189. The standard InChI is InChI=1S/C37H35NO3/c1-35(2)40-33(34(41-35)37(39,30-22-12-5-13-23-30)31-24-14-6-15-25-31)36(28-18-8-3-9-19-28,29-20-10-4-11-21-29)38-32-26-16-7-17-27-32/h3-27,33-34,38-39H,1-2H3/t33-,34-/m1/s1. The summed E-state index contributed by atoms with van der Waals surface area (Å²) in [6, 6.07) is 50.3. The lowest BCUT2D eigenvalue weighted by atomic mass is 9.70. The Morgan fingerprint density at radius 3 is 1.27 bits per heavy atom. The monoisotopic (exact) mass is 541 g/mol. The van der Waals surface area contributed by atoms with Crippen molar-refractivity contribution in [3.63, 3.8) is 0 Å². The average Bonchev–Trinajstić information content (AvgIpc) is 3.37. The molecule has 5 aromatic carbocycles. The molecule has 206 valence electrons. The first-order chi connectivity index (χ1) is 19.9. The molecule has 41 heavy (non-hydrogen) atoms. The van der Waals surface area contributed by atoms with E-state index in [9.17, 15) is 5.11 Å². The largest absolute Gasteiger partial charge is 0.378 e. The third-order valence-electron chi connectivity index (χ3n) is 7.94. The summed E-state index contributed by atoms with van der Waals surface area (Å²) in [6.45, 7) is 3.83. The Balaban J connectivity index is 1.65. The Bertz CT molecular complexity index is 1460. The molecule has 0 saturated carbocycles. The van der Waals surface area contributed by atoms with E-state index in [-0.39, 0.29) is 0 Å². The summed E-state index contributed by atoms with van der Waals surface area (Å²) in [5.41, 5.74) is 1.91. The van der Waals surface area contributed by atoms with Crippen LogP contribution in [0.25, 0.3) is 0 Å². The lowest BCUT2D eigenvalue weighted by molar-refractivity contribution is -0.167. The van der Waals surface area contributed by atoms with Gasteiger partial charge in [0.15, 0.2) is 5.79 Å². The first kappa shape index (κ1) is 27.0. The molecule has 0 unspecified atom stereocenters. The number of nitrogens with one attached hydrogen (secondary N) is 1. The first-order valence-electron chi connectivity index (χ1n) is 14.1. The van der Waals surface area contributed by atoms with Gasteiger partial charge in [-0.05, 0) is 48.2 Å². The van der Waals surface area contributed by atoms with Gasteiger partial charge in [0.25, 0.3) is 0 Å². The molecule has 1 heterocycles. The van der Waals surface area contributed by atoms with Gasteiger partial charge >= 0.3 is 0 Å². The number of aliphatic hydroxyl groups is 1. The molecule has 0 bridgehead atoms. The minimum atomic E-state index is -1.53. The smallest absolute Gasteiger partial charge is 0.164 e. The Labute approximate surface area is 242 Å². The van der Waals surface area contributed by atoms with Crippen LogP contribution >= 0.6 is 0 Å². The van der Waals surface area contributed by atoms with Crippen LogP contribution in [0.3, 0.4) is 0 Å². The van der Waals surface area contributed by atoms with Crippen LogP contribution in [-0.2, 0) is 20.6 Å². The Morgan fingerprint density at radius 1 is 0.512 bits per heavy atom. The SMILES string of the molecule is CC1(C)O[C@@H](C(O)(c2ccccc2)c2ccccc2)[C@H](C(Nc2ccccc2)(c2ccccc2)c2ccccc2)O1. The normalized spacial score (nSPS) is 18.6. The van der Waals surface area contributed by atoms with E-state index in [2.05, 4.69) is 41.7 Å². The molecule has 0 spiro atoms. The van der Waals surface area contributed by atoms with E-state index >= 15 is 0 Å². The molecule has 0 amide bonds. The number of rotatable bonds is 8. The topological polar surface area (TPSA) is 50.7 Å². The van der Waals surface area contributed by atoms with Crippen molar-refractivity contribution in [3.05, 3.63) is 174 Å². The molecule has 4 nitrogen and oxygen atoms in total. The number of benzene rings is 5. The quantitative estimate of drug-likeness (QED) is 0.214. The number of anilines is 1. The maximum atomic E-state index is 13.0. The molecule has 1 fully saturated rings. The Kier molecular flexibility index (Phi) is 7.22. The van der Waals surface area contributed by atoms with Crippen molar-refractivity contribution in [1.29, 1.82) is 0 Å². The van der Waals surface area contributed by atoms with E-state index in [0.29, 0.717) is 0 Å². The molecule has 2 atom stereocenters.